The molecule has 1 aromatic carbocycles. The molecule has 3 unspecified atom stereocenters. The third-order valence-electron chi connectivity index (χ3n) is 3.07. The Labute approximate surface area is 125 Å². The van der Waals surface area contributed by atoms with E-state index in [2.05, 4.69) is 5.32 Å². The zero-order valence-electron chi connectivity index (χ0n) is 12.2. The molecule has 1 aliphatic heterocycles. The number of carbonyl (C=O) groups excluding carboxylic acids is 1. The van der Waals surface area contributed by atoms with Crippen molar-refractivity contribution in [3.63, 3.8) is 0 Å². The van der Waals surface area contributed by atoms with E-state index in [0.29, 0.717) is 6.42 Å². The molecule has 1 heterocycles. The second-order valence-corrected chi connectivity index (χ2v) is 7.00. The maximum atomic E-state index is 12.4. The summed E-state index contributed by atoms with van der Waals surface area (Å²) in [7, 11) is -3.30. The van der Waals surface area contributed by atoms with Crippen molar-refractivity contribution >= 4 is 14.0 Å². The van der Waals surface area contributed by atoms with Crippen LogP contribution in [0.15, 0.2) is 30.3 Å². The first-order chi connectivity index (χ1) is 10.0. The predicted octanol–water partition coefficient (Wildman–Crippen LogP) is 2.21. The second-order valence-electron chi connectivity index (χ2n) is 4.83. The molecule has 0 aromatic heterocycles. The van der Waals surface area contributed by atoms with Crippen LogP contribution in [0.5, 0.6) is 0 Å². The Morgan fingerprint density at radius 1 is 1.48 bits per heavy atom. The minimum absolute atomic E-state index is 0.161. The molecule has 3 atom stereocenters. The van der Waals surface area contributed by atoms with Crippen molar-refractivity contribution < 1.29 is 23.5 Å². The van der Waals surface area contributed by atoms with Gasteiger partial charge in [-0.05, 0) is 19.4 Å². The number of benzene rings is 1. The van der Waals surface area contributed by atoms with Gasteiger partial charge in [-0.2, -0.15) is 0 Å². The van der Waals surface area contributed by atoms with Gasteiger partial charge in [-0.1, -0.05) is 30.3 Å². The maximum Gasteiger partial charge on any atom is 0.410 e. The van der Waals surface area contributed by atoms with Crippen molar-refractivity contribution in [2.75, 3.05) is 6.61 Å². The van der Waals surface area contributed by atoms with E-state index < -0.39 is 19.8 Å². The van der Waals surface area contributed by atoms with Gasteiger partial charge in [0.25, 0.3) is 7.94 Å². The van der Waals surface area contributed by atoms with Crippen LogP contribution in [-0.4, -0.2) is 24.6 Å². The van der Waals surface area contributed by atoms with E-state index in [9.17, 15) is 9.69 Å². The molecule has 0 saturated carbocycles. The predicted molar refractivity (Wildman–Crippen MR) is 77.3 cm³/mol. The summed E-state index contributed by atoms with van der Waals surface area (Å²) < 4.78 is 15.6. The number of alkyl carbamates (subject to hydrolysis) is 1. The minimum Gasteiger partial charge on any atom is -0.630 e. The Balaban J connectivity index is 1.86. The molecule has 21 heavy (non-hydrogen) atoms. The molecule has 1 saturated heterocycles. The zero-order chi connectivity index (χ0) is 15.3. The standard InChI is InChI=1S/C14H20NO5P/c1-3-19-21(17)13(9-11(2)20-21)15-14(16)18-10-12-7-5-4-6-8-12/h4-8,11,13H,3,9-10H2,1-2H3,(H,15,16). The zero-order valence-corrected chi connectivity index (χ0v) is 13.0. The van der Waals surface area contributed by atoms with Gasteiger partial charge in [0.1, 0.15) is 12.7 Å². The summed E-state index contributed by atoms with van der Waals surface area (Å²) in [6, 6.07) is 9.34. The Bertz CT molecular complexity index is 472. The van der Waals surface area contributed by atoms with Gasteiger partial charge in [0.2, 0.25) is 0 Å². The average molecular weight is 313 g/mol. The van der Waals surface area contributed by atoms with Crippen molar-refractivity contribution in [1.29, 1.82) is 0 Å². The van der Waals surface area contributed by atoms with Gasteiger partial charge < -0.3 is 9.63 Å². The average Bonchev–Trinajstić information content (AvgIpc) is 2.72. The first-order valence-electron chi connectivity index (χ1n) is 6.93. The van der Waals surface area contributed by atoms with Crippen LogP contribution in [-0.2, 0) is 20.4 Å². The molecule has 7 heteroatoms. The topological polar surface area (TPSA) is 79.9 Å². The van der Waals surface area contributed by atoms with Crippen LogP contribution in [0.4, 0.5) is 4.79 Å². The van der Waals surface area contributed by atoms with E-state index in [-0.39, 0.29) is 19.3 Å². The summed E-state index contributed by atoms with van der Waals surface area (Å²) in [5.74, 6) is -0.657. The number of rotatable bonds is 5. The summed E-state index contributed by atoms with van der Waals surface area (Å²) >= 11 is 0. The van der Waals surface area contributed by atoms with Crippen molar-refractivity contribution in [1.82, 2.24) is 5.32 Å². The molecule has 0 aliphatic carbocycles. The summed E-state index contributed by atoms with van der Waals surface area (Å²) in [5, 5.41) is 2.58. The molecule has 6 nitrogen and oxygen atoms in total. The Morgan fingerprint density at radius 2 is 2.19 bits per heavy atom. The molecule has 0 spiro atoms. The number of amides is 1. The van der Waals surface area contributed by atoms with Crippen LogP contribution >= 0.6 is 7.94 Å². The molecule has 1 aromatic rings. The summed E-state index contributed by atoms with van der Waals surface area (Å²) in [6.45, 7) is 3.95. The van der Waals surface area contributed by atoms with Crippen LogP contribution in [0, 0.1) is 0 Å². The van der Waals surface area contributed by atoms with E-state index in [1.807, 2.05) is 30.3 Å². The lowest BCUT2D eigenvalue weighted by Gasteiger charge is -2.27. The van der Waals surface area contributed by atoms with Crippen LogP contribution in [0.3, 0.4) is 0 Å². The Hall–Kier alpha value is -1.20. The van der Waals surface area contributed by atoms with Gasteiger partial charge in [-0.3, -0.25) is 5.32 Å². The molecular formula is C14H20NO5P. The molecule has 116 valence electrons. The molecule has 0 bridgehead atoms. The van der Waals surface area contributed by atoms with E-state index in [1.54, 1.807) is 13.8 Å². The maximum absolute atomic E-state index is 12.4. The molecule has 1 fully saturated rings. The Morgan fingerprint density at radius 3 is 2.86 bits per heavy atom. The molecule has 1 aliphatic rings. The van der Waals surface area contributed by atoms with Crippen LogP contribution in [0.25, 0.3) is 0 Å². The molecule has 0 radical (unpaired) electrons. The number of ether oxygens (including phenoxy) is 1. The second kappa shape index (κ2) is 7.18. The fourth-order valence-corrected chi connectivity index (χ4v) is 4.30. The van der Waals surface area contributed by atoms with Crippen molar-refractivity contribution in [3.8, 4) is 0 Å². The lowest BCUT2D eigenvalue weighted by atomic mass is 10.2. The van der Waals surface area contributed by atoms with Crippen LogP contribution < -0.4 is 10.2 Å². The van der Waals surface area contributed by atoms with Crippen molar-refractivity contribution in [2.24, 2.45) is 0 Å². The van der Waals surface area contributed by atoms with E-state index >= 15 is 0 Å². The van der Waals surface area contributed by atoms with Crippen LogP contribution in [0.2, 0.25) is 0 Å². The SMILES string of the molecule is CCO[P+]1([O-])OC(C)CC1NC(=O)OCc1ccccc1. The van der Waals surface area contributed by atoms with E-state index in [1.165, 1.54) is 0 Å². The monoisotopic (exact) mass is 313 g/mol. The highest BCUT2D eigenvalue weighted by Gasteiger charge is 2.50. The smallest absolute Gasteiger partial charge is 0.410 e. The normalized spacial score (nSPS) is 28.3. The molecule has 1 N–H and O–H groups in total. The lowest BCUT2D eigenvalue weighted by molar-refractivity contribution is -0.219. The van der Waals surface area contributed by atoms with Crippen molar-refractivity contribution in [2.45, 2.75) is 38.8 Å². The summed E-state index contributed by atoms with van der Waals surface area (Å²) in [4.78, 5) is 24.3. The largest absolute Gasteiger partial charge is 0.630 e. The number of hydrogen-bond donors (Lipinski definition) is 1. The van der Waals surface area contributed by atoms with Gasteiger partial charge in [-0.15, -0.1) is 0 Å². The van der Waals surface area contributed by atoms with Crippen molar-refractivity contribution in [3.05, 3.63) is 35.9 Å². The lowest BCUT2D eigenvalue weighted by Crippen LogP contribution is -2.38. The van der Waals surface area contributed by atoms with Gasteiger partial charge >= 0.3 is 6.09 Å². The first-order valence-corrected chi connectivity index (χ1v) is 8.54. The third-order valence-corrected chi connectivity index (χ3v) is 5.45. The summed E-state index contributed by atoms with van der Waals surface area (Å²) in [5.41, 5.74) is 0.886. The van der Waals surface area contributed by atoms with Gasteiger partial charge in [-0.25, -0.2) is 13.8 Å². The van der Waals surface area contributed by atoms with Gasteiger partial charge in [0.15, 0.2) is 5.78 Å². The quantitative estimate of drug-likeness (QED) is 0.843. The molecule has 1 amide bonds. The third kappa shape index (κ3) is 4.38. The van der Waals surface area contributed by atoms with Crippen LogP contribution in [0.1, 0.15) is 25.8 Å². The minimum atomic E-state index is -3.30. The van der Waals surface area contributed by atoms with E-state index in [0.717, 1.165) is 5.56 Å². The Kier molecular flexibility index (Phi) is 5.53. The highest BCUT2D eigenvalue weighted by molar-refractivity contribution is 7.60. The fraction of sp³-hybridized carbons (Fsp3) is 0.500. The van der Waals surface area contributed by atoms with Gasteiger partial charge in [0, 0.05) is 6.42 Å². The number of carbonyl (C=O) groups is 1. The van der Waals surface area contributed by atoms with E-state index in [4.69, 9.17) is 13.8 Å². The molecule has 2 rings (SSSR count). The highest BCUT2D eigenvalue weighted by Crippen LogP contribution is 2.63. The summed E-state index contributed by atoms with van der Waals surface area (Å²) in [6.07, 6.45) is -0.402. The highest BCUT2D eigenvalue weighted by atomic mass is 31.2. The molecular weight excluding hydrogens is 293 g/mol. The van der Waals surface area contributed by atoms with Gasteiger partial charge in [0.05, 0.1) is 6.61 Å². The number of hydrogen-bond acceptors (Lipinski definition) is 5. The number of nitrogens with one attached hydrogen (secondary N) is 1. The fourth-order valence-electron chi connectivity index (χ4n) is 2.15. The first kappa shape index (κ1) is 16.2.